The average Bonchev–Trinajstić information content (AvgIpc) is 1.53. The second-order valence-electron chi connectivity index (χ2n) is 2.49. The first-order valence-corrected chi connectivity index (χ1v) is 4.67. The first-order valence-electron chi connectivity index (χ1n) is 3.06. The summed E-state index contributed by atoms with van der Waals surface area (Å²) < 4.78 is 28.8. The Labute approximate surface area is 65.9 Å². The molecule has 0 aromatic rings. The molecule has 0 saturated carbocycles. The van der Waals surface area contributed by atoms with Crippen LogP contribution in [0.15, 0.2) is 0 Å². The van der Waals surface area contributed by atoms with Gasteiger partial charge in [0, 0.05) is 18.2 Å². The quantitative estimate of drug-likeness (QED) is 0.405. The fourth-order valence-electron chi connectivity index (χ4n) is 0.723. The highest BCUT2D eigenvalue weighted by molar-refractivity contribution is 7.85. The van der Waals surface area contributed by atoms with Crippen LogP contribution < -0.4 is 5.73 Å². The normalized spacial score (nSPS) is 14.5. The Bertz CT molecular complexity index is 234. The van der Waals surface area contributed by atoms with E-state index in [1.54, 1.807) is 0 Å². The molecule has 66 valence electrons. The fraction of sp³-hybridized carbons (Fsp3) is 0.800. The molecule has 0 bridgehead atoms. The van der Waals surface area contributed by atoms with Crippen LogP contribution in [0.25, 0.3) is 0 Å². The lowest BCUT2D eigenvalue weighted by Crippen LogP contribution is -2.30. The van der Waals surface area contributed by atoms with E-state index in [0.717, 1.165) is 0 Å². The summed E-state index contributed by atoms with van der Waals surface area (Å²) in [5.74, 6) is -0.483. The van der Waals surface area contributed by atoms with Crippen LogP contribution in [-0.4, -0.2) is 30.5 Å². The Kier molecular flexibility index (Phi) is 3.64. The van der Waals surface area contributed by atoms with Gasteiger partial charge < -0.3 is 11.1 Å². The van der Waals surface area contributed by atoms with Gasteiger partial charge in [-0.15, -0.1) is 0 Å². The molecular formula is C5H12N2O3S. The van der Waals surface area contributed by atoms with Crippen molar-refractivity contribution in [1.29, 1.82) is 5.41 Å². The van der Waals surface area contributed by atoms with Crippen molar-refractivity contribution in [3.63, 3.8) is 0 Å². The van der Waals surface area contributed by atoms with Crippen molar-refractivity contribution >= 4 is 15.8 Å². The molecule has 0 aromatic heterocycles. The Morgan fingerprint density at radius 2 is 2.18 bits per heavy atom. The minimum absolute atomic E-state index is 0.194. The molecular weight excluding hydrogens is 168 g/mol. The number of hydrogen-bond donors (Lipinski definition) is 3. The topological polar surface area (TPSA) is 104 Å². The molecule has 5 nitrogen and oxygen atoms in total. The van der Waals surface area contributed by atoms with Crippen molar-refractivity contribution in [3.05, 3.63) is 0 Å². The van der Waals surface area contributed by atoms with Gasteiger partial charge in [-0.25, -0.2) is 0 Å². The molecule has 0 aliphatic rings. The van der Waals surface area contributed by atoms with Gasteiger partial charge in [-0.1, -0.05) is 0 Å². The highest BCUT2D eigenvalue weighted by atomic mass is 32.2. The Morgan fingerprint density at radius 3 is 2.45 bits per heavy atom. The van der Waals surface area contributed by atoms with Crippen LogP contribution in [0.4, 0.5) is 0 Å². The molecule has 0 heterocycles. The minimum atomic E-state index is -3.99. The number of nitrogens with one attached hydrogen (secondary N) is 1. The summed E-state index contributed by atoms with van der Waals surface area (Å²) in [6.07, 6.45) is 0.194. The van der Waals surface area contributed by atoms with Gasteiger partial charge in [0.2, 0.25) is 0 Å². The second kappa shape index (κ2) is 3.80. The van der Waals surface area contributed by atoms with E-state index in [4.69, 9.17) is 15.7 Å². The average molecular weight is 180 g/mol. The van der Waals surface area contributed by atoms with Crippen LogP contribution in [0.5, 0.6) is 0 Å². The van der Waals surface area contributed by atoms with Gasteiger partial charge in [0.05, 0.1) is 5.75 Å². The van der Waals surface area contributed by atoms with Crippen LogP contribution >= 0.6 is 0 Å². The van der Waals surface area contributed by atoms with E-state index in [2.05, 4.69) is 0 Å². The summed E-state index contributed by atoms with van der Waals surface area (Å²) in [5, 5.41) is 6.98. The fourth-order valence-corrected chi connectivity index (χ4v) is 1.38. The molecule has 6 heteroatoms. The minimum Gasteiger partial charge on any atom is -0.326 e. The molecule has 1 unspecified atom stereocenters. The van der Waals surface area contributed by atoms with Gasteiger partial charge in [0.25, 0.3) is 10.1 Å². The molecule has 0 spiro atoms. The van der Waals surface area contributed by atoms with E-state index in [-0.39, 0.29) is 6.42 Å². The first-order chi connectivity index (χ1) is 4.81. The highest BCUT2D eigenvalue weighted by Crippen LogP contribution is 1.94. The number of nitrogens with two attached hydrogens (primary N) is 1. The van der Waals surface area contributed by atoms with Crippen LogP contribution in [0.2, 0.25) is 0 Å². The molecule has 0 aliphatic heterocycles. The van der Waals surface area contributed by atoms with Crippen LogP contribution in [-0.2, 0) is 10.1 Å². The van der Waals surface area contributed by atoms with Crippen molar-refractivity contribution in [1.82, 2.24) is 0 Å². The van der Waals surface area contributed by atoms with Crippen molar-refractivity contribution in [2.24, 2.45) is 5.73 Å². The molecule has 0 fully saturated rings. The second-order valence-corrected chi connectivity index (χ2v) is 3.99. The standard InChI is InChI=1S/C5H12N2O3S/c1-4(6)2-5(7)3-11(8,9)10/h5-6H,2-3,7H2,1H3,(H,8,9,10). The molecule has 0 saturated heterocycles. The zero-order valence-corrected chi connectivity index (χ0v) is 7.06. The third-order valence-electron chi connectivity index (χ3n) is 0.993. The maximum Gasteiger partial charge on any atom is 0.266 e. The molecule has 4 N–H and O–H groups in total. The van der Waals surface area contributed by atoms with Gasteiger partial charge in [-0.2, -0.15) is 8.42 Å². The molecule has 0 rings (SSSR count). The Hall–Kier alpha value is -0.460. The largest absolute Gasteiger partial charge is 0.326 e. The van der Waals surface area contributed by atoms with Gasteiger partial charge >= 0.3 is 0 Å². The van der Waals surface area contributed by atoms with E-state index in [1.165, 1.54) is 6.92 Å². The highest BCUT2D eigenvalue weighted by Gasteiger charge is 2.12. The predicted octanol–water partition coefficient (Wildman–Crippen LogP) is -0.369. The molecule has 0 aromatic carbocycles. The third-order valence-corrected chi connectivity index (χ3v) is 1.84. The lowest BCUT2D eigenvalue weighted by molar-refractivity contribution is 0.477. The monoisotopic (exact) mass is 180 g/mol. The summed E-state index contributed by atoms with van der Waals surface area (Å²) in [5.41, 5.74) is 5.59. The molecule has 0 amide bonds. The van der Waals surface area contributed by atoms with Crippen molar-refractivity contribution < 1.29 is 13.0 Å². The maximum absolute atomic E-state index is 10.2. The Balaban J connectivity index is 3.89. The number of hydrogen-bond acceptors (Lipinski definition) is 4. The zero-order chi connectivity index (χ0) is 9.07. The van der Waals surface area contributed by atoms with Crippen LogP contribution in [0.1, 0.15) is 13.3 Å². The van der Waals surface area contributed by atoms with Gasteiger partial charge in [0.15, 0.2) is 0 Å². The zero-order valence-electron chi connectivity index (χ0n) is 6.24. The molecule has 0 aliphatic carbocycles. The van der Waals surface area contributed by atoms with E-state index in [0.29, 0.717) is 5.71 Å². The van der Waals surface area contributed by atoms with Gasteiger partial charge in [0.1, 0.15) is 0 Å². The summed E-state index contributed by atoms with van der Waals surface area (Å²) in [6, 6.07) is -0.678. The van der Waals surface area contributed by atoms with E-state index in [9.17, 15) is 8.42 Å². The van der Waals surface area contributed by atoms with Crippen molar-refractivity contribution in [2.75, 3.05) is 5.75 Å². The molecule has 1 atom stereocenters. The van der Waals surface area contributed by atoms with E-state index >= 15 is 0 Å². The first kappa shape index (κ1) is 10.5. The SMILES string of the molecule is CC(=N)CC(N)CS(=O)(=O)O. The summed E-state index contributed by atoms with van der Waals surface area (Å²) in [4.78, 5) is 0. The Morgan fingerprint density at radius 1 is 1.73 bits per heavy atom. The molecule has 0 radical (unpaired) electrons. The summed E-state index contributed by atoms with van der Waals surface area (Å²) in [7, 11) is -3.99. The third kappa shape index (κ3) is 7.44. The maximum atomic E-state index is 10.2. The van der Waals surface area contributed by atoms with Crippen LogP contribution in [0.3, 0.4) is 0 Å². The van der Waals surface area contributed by atoms with Crippen molar-refractivity contribution in [2.45, 2.75) is 19.4 Å². The van der Waals surface area contributed by atoms with E-state index < -0.39 is 21.9 Å². The van der Waals surface area contributed by atoms with Crippen LogP contribution in [0, 0.1) is 5.41 Å². The summed E-state index contributed by atoms with van der Waals surface area (Å²) >= 11 is 0. The predicted molar refractivity (Wildman–Crippen MR) is 42.4 cm³/mol. The van der Waals surface area contributed by atoms with E-state index in [1.807, 2.05) is 0 Å². The number of rotatable bonds is 4. The lowest BCUT2D eigenvalue weighted by Gasteiger charge is -2.06. The van der Waals surface area contributed by atoms with Gasteiger partial charge in [-0.05, 0) is 6.92 Å². The summed E-state index contributed by atoms with van der Waals surface area (Å²) in [6.45, 7) is 1.53. The molecule has 11 heavy (non-hydrogen) atoms. The smallest absolute Gasteiger partial charge is 0.266 e. The van der Waals surface area contributed by atoms with Crippen molar-refractivity contribution in [3.8, 4) is 0 Å². The van der Waals surface area contributed by atoms with Gasteiger partial charge in [-0.3, -0.25) is 4.55 Å². The lowest BCUT2D eigenvalue weighted by atomic mass is 10.2.